The summed E-state index contributed by atoms with van der Waals surface area (Å²) in [6.07, 6.45) is 2.01. The van der Waals surface area contributed by atoms with Gasteiger partial charge in [0.25, 0.3) is 0 Å². The van der Waals surface area contributed by atoms with Crippen LogP contribution in [0.1, 0.15) is 12.6 Å². The molecule has 1 aromatic rings. The minimum absolute atomic E-state index is 0.0756. The second kappa shape index (κ2) is 4.45. The van der Waals surface area contributed by atoms with Crippen molar-refractivity contribution >= 4 is 5.91 Å². The summed E-state index contributed by atoms with van der Waals surface area (Å²) < 4.78 is 0.807. The van der Waals surface area contributed by atoms with E-state index in [9.17, 15) is 10.0 Å². The molecule has 70 valence electrons. The lowest BCUT2D eigenvalue weighted by atomic mass is 10.3. The maximum atomic E-state index is 11.1. The van der Waals surface area contributed by atoms with Gasteiger partial charge in [0.2, 0.25) is 5.91 Å². The molecule has 0 fully saturated rings. The molecule has 0 unspecified atom stereocenters. The third kappa shape index (κ3) is 3.11. The molecule has 0 bridgehead atoms. The summed E-state index contributed by atoms with van der Waals surface area (Å²) >= 11 is 0. The second-order valence-electron chi connectivity index (χ2n) is 2.75. The zero-order valence-electron chi connectivity index (χ0n) is 7.49. The Morgan fingerprint density at radius 2 is 2.38 bits per heavy atom. The van der Waals surface area contributed by atoms with Crippen molar-refractivity contribution in [3.63, 3.8) is 0 Å². The Hall–Kier alpha value is -1.58. The normalized spacial score (nSPS) is 9.62. The molecular formula is C9H12N2O2. The van der Waals surface area contributed by atoms with Crippen molar-refractivity contribution in [2.45, 2.75) is 13.3 Å². The van der Waals surface area contributed by atoms with Gasteiger partial charge in [-0.05, 0) is 0 Å². The molecule has 1 rings (SSSR count). The van der Waals surface area contributed by atoms with Gasteiger partial charge in [-0.25, -0.2) is 0 Å². The average Bonchev–Trinajstić information content (AvgIpc) is 2.08. The summed E-state index contributed by atoms with van der Waals surface area (Å²) in [5.74, 6) is -0.0756. The predicted molar refractivity (Wildman–Crippen MR) is 47.8 cm³/mol. The van der Waals surface area contributed by atoms with Gasteiger partial charge in [-0.2, -0.15) is 4.73 Å². The van der Waals surface area contributed by atoms with E-state index in [1.807, 2.05) is 0 Å². The first-order chi connectivity index (χ1) is 6.20. The molecule has 0 radical (unpaired) electrons. The molecule has 1 N–H and O–H groups in total. The van der Waals surface area contributed by atoms with E-state index in [4.69, 9.17) is 0 Å². The Morgan fingerprint density at radius 3 is 3.00 bits per heavy atom. The Bertz CT molecular complexity index is 299. The summed E-state index contributed by atoms with van der Waals surface area (Å²) in [7, 11) is 0. The third-order valence-corrected chi connectivity index (χ3v) is 1.66. The van der Waals surface area contributed by atoms with Crippen LogP contribution in [0.25, 0.3) is 0 Å². The smallest absolute Gasteiger partial charge is 0.216 e. The molecule has 4 nitrogen and oxygen atoms in total. The number of carbonyl (C=O) groups excluding carboxylic acids is 1. The van der Waals surface area contributed by atoms with Crippen molar-refractivity contribution < 1.29 is 9.52 Å². The van der Waals surface area contributed by atoms with E-state index in [-0.39, 0.29) is 5.91 Å². The highest BCUT2D eigenvalue weighted by Crippen LogP contribution is 1.90. The highest BCUT2D eigenvalue weighted by atomic mass is 16.5. The number of rotatable bonds is 3. The van der Waals surface area contributed by atoms with E-state index >= 15 is 0 Å². The number of hydrogen-bond donors (Lipinski definition) is 1. The number of nitrogens with one attached hydrogen (secondary N) is 1. The number of pyridine rings is 1. The van der Waals surface area contributed by atoms with Crippen LogP contribution in [0.5, 0.6) is 0 Å². The van der Waals surface area contributed by atoms with Crippen LogP contribution in [0.3, 0.4) is 0 Å². The van der Waals surface area contributed by atoms with E-state index in [0.717, 1.165) is 4.73 Å². The van der Waals surface area contributed by atoms with E-state index < -0.39 is 0 Å². The van der Waals surface area contributed by atoms with E-state index in [1.165, 1.54) is 13.1 Å². The Labute approximate surface area is 76.8 Å². The summed E-state index contributed by atoms with van der Waals surface area (Å²) in [6, 6.07) is 5.22. The molecule has 0 aliphatic heterocycles. The average molecular weight is 180 g/mol. The van der Waals surface area contributed by atoms with Crippen LogP contribution in [0, 0.1) is 5.21 Å². The van der Waals surface area contributed by atoms with Gasteiger partial charge in [-0.15, -0.1) is 0 Å². The molecule has 0 atom stereocenters. The van der Waals surface area contributed by atoms with Gasteiger partial charge < -0.3 is 10.5 Å². The fourth-order valence-electron chi connectivity index (χ4n) is 1.02. The predicted octanol–water partition coefficient (Wildman–Crippen LogP) is -0.00140. The van der Waals surface area contributed by atoms with E-state index in [1.54, 1.807) is 18.2 Å². The highest BCUT2D eigenvalue weighted by Gasteiger charge is 2.02. The number of amides is 1. The van der Waals surface area contributed by atoms with Crippen LogP contribution in [-0.2, 0) is 11.2 Å². The lowest BCUT2D eigenvalue weighted by molar-refractivity contribution is -0.613. The van der Waals surface area contributed by atoms with Crippen LogP contribution < -0.4 is 10.0 Å². The van der Waals surface area contributed by atoms with Gasteiger partial charge in [0.05, 0.1) is 6.42 Å². The van der Waals surface area contributed by atoms with E-state index in [0.29, 0.717) is 18.7 Å². The first-order valence-corrected chi connectivity index (χ1v) is 4.11. The molecule has 0 aliphatic rings. The lowest BCUT2D eigenvalue weighted by Gasteiger charge is -2.03. The monoisotopic (exact) mass is 180 g/mol. The number of carbonyl (C=O) groups is 1. The van der Waals surface area contributed by atoms with Crippen LogP contribution in [0.4, 0.5) is 0 Å². The Morgan fingerprint density at radius 1 is 1.62 bits per heavy atom. The summed E-state index contributed by atoms with van der Waals surface area (Å²) in [5, 5.41) is 13.7. The van der Waals surface area contributed by atoms with Crippen LogP contribution >= 0.6 is 0 Å². The maximum Gasteiger partial charge on any atom is 0.216 e. The first-order valence-electron chi connectivity index (χ1n) is 4.11. The van der Waals surface area contributed by atoms with Crippen molar-refractivity contribution in [3.05, 3.63) is 35.3 Å². The third-order valence-electron chi connectivity index (χ3n) is 1.66. The fourth-order valence-corrected chi connectivity index (χ4v) is 1.02. The maximum absolute atomic E-state index is 11.1. The van der Waals surface area contributed by atoms with Crippen LogP contribution in [0.2, 0.25) is 0 Å². The lowest BCUT2D eigenvalue weighted by Crippen LogP contribution is -2.33. The van der Waals surface area contributed by atoms with Crippen molar-refractivity contribution in [1.29, 1.82) is 0 Å². The zero-order valence-corrected chi connectivity index (χ0v) is 7.49. The molecule has 1 heterocycles. The number of aromatic nitrogens is 1. The largest absolute Gasteiger partial charge is 0.619 e. The van der Waals surface area contributed by atoms with Crippen molar-refractivity contribution in [2.24, 2.45) is 0 Å². The van der Waals surface area contributed by atoms with Crippen LogP contribution in [-0.4, -0.2) is 12.5 Å². The second-order valence-corrected chi connectivity index (χ2v) is 2.75. The SMILES string of the molecule is CC(=O)NCCc1cccc[n+]1[O-]. The quantitative estimate of drug-likeness (QED) is 0.525. The fraction of sp³-hybridized carbons (Fsp3) is 0.333. The summed E-state index contributed by atoms with van der Waals surface area (Å²) in [5.41, 5.74) is 0.663. The van der Waals surface area contributed by atoms with Crippen molar-refractivity contribution in [1.82, 2.24) is 5.32 Å². The summed E-state index contributed by atoms with van der Waals surface area (Å²) in [4.78, 5) is 10.5. The molecule has 1 amide bonds. The van der Waals surface area contributed by atoms with Crippen molar-refractivity contribution in [2.75, 3.05) is 6.54 Å². The van der Waals surface area contributed by atoms with Gasteiger partial charge >= 0.3 is 0 Å². The summed E-state index contributed by atoms with van der Waals surface area (Å²) in [6.45, 7) is 1.96. The molecular weight excluding hydrogens is 168 g/mol. The molecule has 4 heteroatoms. The number of hydrogen-bond acceptors (Lipinski definition) is 2. The van der Waals surface area contributed by atoms with Gasteiger partial charge in [0, 0.05) is 25.6 Å². The highest BCUT2D eigenvalue weighted by molar-refractivity contribution is 5.72. The molecule has 0 saturated heterocycles. The zero-order chi connectivity index (χ0) is 9.68. The first kappa shape index (κ1) is 9.51. The van der Waals surface area contributed by atoms with Gasteiger partial charge in [-0.1, -0.05) is 6.07 Å². The molecule has 0 aliphatic carbocycles. The Balaban J connectivity index is 2.45. The molecule has 13 heavy (non-hydrogen) atoms. The van der Waals surface area contributed by atoms with Gasteiger partial charge in [0.15, 0.2) is 11.9 Å². The molecule has 0 spiro atoms. The minimum Gasteiger partial charge on any atom is -0.619 e. The standard InChI is InChI=1S/C9H12N2O2/c1-8(12)10-6-5-9-4-2-3-7-11(9)13/h2-4,7H,5-6H2,1H3,(H,10,12). The topological polar surface area (TPSA) is 56.0 Å². The van der Waals surface area contributed by atoms with E-state index in [2.05, 4.69) is 5.32 Å². The molecule has 0 saturated carbocycles. The van der Waals surface area contributed by atoms with Gasteiger partial charge in [0.1, 0.15) is 0 Å². The van der Waals surface area contributed by atoms with Gasteiger partial charge in [-0.3, -0.25) is 4.79 Å². The minimum atomic E-state index is -0.0756. The molecule has 1 aromatic heterocycles. The number of nitrogens with zero attached hydrogens (tertiary/aromatic N) is 1. The van der Waals surface area contributed by atoms with Crippen LogP contribution in [0.15, 0.2) is 24.4 Å². The van der Waals surface area contributed by atoms with Crippen molar-refractivity contribution in [3.8, 4) is 0 Å². The molecule has 0 aromatic carbocycles. The Kier molecular flexibility index (Phi) is 3.25.